The van der Waals surface area contributed by atoms with Crippen LogP contribution < -0.4 is 5.32 Å². The summed E-state index contributed by atoms with van der Waals surface area (Å²) < 4.78 is 4.06. The highest BCUT2D eigenvalue weighted by Gasteiger charge is 2.22. The molecular weight excluding hydrogens is 360 g/mol. The summed E-state index contributed by atoms with van der Waals surface area (Å²) in [5.41, 5.74) is 4.50. The summed E-state index contributed by atoms with van der Waals surface area (Å²) >= 11 is 6.01. The lowest BCUT2D eigenvalue weighted by Crippen LogP contribution is -2.37. The van der Waals surface area contributed by atoms with Gasteiger partial charge in [0.15, 0.2) is 5.82 Å². The zero-order valence-electron chi connectivity index (χ0n) is 16.0. The van der Waals surface area contributed by atoms with E-state index < -0.39 is 0 Å². The van der Waals surface area contributed by atoms with Gasteiger partial charge in [0.1, 0.15) is 5.82 Å². The maximum absolute atomic E-state index is 6.01. The maximum atomic E-state index is 6.01. The van der Waals surface area contributed by atoms with Gasteiger partial charge in [-0.2, -0.15) is 10.2 Å². The number of nitrogens with zero attached hydrogens (tertiary/aromatic N) is 5. The minimum absolute atomic E-state index is 0.404. The SMILES string of the molecule is CCc1nc2n(n1)CC(NCc1c(C)nn(-c3ccc(Cl)cc3)c1C)CC2. The molecule has 0 aliphatic carbocycles. The number of hydrogen-bond donors (Lipinski definition) is 1. The summed E-state index contributed by atoms with van der Waals surface area (Å²) in [7, 11) is 0. The molecule has 0 saturated carbocycles. The van der Waals surface area contributed by atoms with Crippen molar-refractivity contribution >= 4 is 11.6 Å². The van der Waals surface area contributed by atoms with Crippen LogP contribution >= 0.6 is 11.6 Å². The number of benzene rings is 1. The first-order valence-corrected chi connectivity index (χ1v) is 9.90. The van der Waals surface area contributed by atoms with Gasteiger partial charge < -0.3 is 5.32 Å². The monoisotopic (exact) mass is 384 g/mol. The second kappa shape index (κ2) is 7.44. The number of hydrogen-bond acceptors (Lipinski definition) is 4. The number of aryl methyl sites for hydroxylation is 3. The molecule has 0 saturated heterocycles. The van der Waals surface area contributed by atoms with Crippen molar-refractivity contribution in [3.63, 3.8) is 0 Å². The summed E-state index contributed by atoms with van der Waals surface area (Å²) in [6, 6.07) is 8.19. The van der Waals surface area contributed by atoms with Crippen LogP contribution in [0.4, 0.5) is 0 Å². The highest BCUT2D eigenvalue weighted by molar-refractivity contribution is 6.30. The molecule has 6 nitrogen and oxygen atoms in total. The zero-order chi connectivity index (χ0) is 19.0. The van der Waals surface area contributed by atoms with Crippen LogP contribution in [-0.4, -0.2) is 30.6 Å². The van der Waals surface area contributed by atoms with Crippen LogP contribution in [0, 0.1) is 13.8 Å². The first kappa shape index (κ1) is 18.2. The fraction of sp³-hybridized carbons (Fsp3) is 0.450. The lowest BCUT2D eigenvalue weighted by atomic mass is 10.1. The van der Waals surface area contributed by atoms with Gasteiger partial charge in [0.25, 0.3) is 0 Å². The minimum Gasteiger partial charge on any atom is -0.308 e. The van der Waals surface area contributed by atoms with Crippen LogP contribution in [0.1, 0.15) is 41.9 Å². The van der Waals surface area contributed by atoms with E-state index in [1.807, 2.05) is 28.9 Å². The van der Waals surface area contributed by atoms with E-state index >= 15 is 0 Å². The Morgan fingerprint density at radius 1 is 1.19 bits per heavy atom. The normalized spacial score (nSPS) is 16.5. The molecule has 2 aromatic heterocycles. The molecule has 1 unspecified atom stereocenters. The Balaban J connectivity index is 1.46. The third kappa shape index (κ3) is 3.64. The minimum atomic E-state index is 0.404. The quantitative estimate of drug-likeness (QED) is 0.732. The van der Waals surface area contributed by atoms with Crippen LogP contribution in [0.15, 0.2) is 24.3 Å². The molecule has 3 aromatic rings. The van der Waals surface area contributed by atoms with E-state index in [2.05, 4.69) is 40.9 Å². The highest BCUT2D eigenvalue weighted by atomic mass is 35.5. The molecule has 0 bridgehead atoms. The van der Waals surface area contributed by atoms with Crippen molar-refractivity contribution in [3.8, 4) is 5.69 Å². The predicted molar refractivity (Wildman–Crippen MR) is 106 cm³/mol. The van der Waals surface area contributed by atoms with Crippen molar-refractivity contribution in [2.75, 3.05) is 0 Å². The standard InChI is InChI=1S/C20H25ClN6/c1-4-19-23-20-10-7-16(12-26(20)25-19)22-11-18-13(2)24-27(14(18)3)17-8-5-15(21)6-9-17/h5-6,8-9,16,22H,4,7,10-12H2,1-3H3. The third-order valence-electron chi connectivity index (χ3n) is 5.30. The average Bonchev–Trinajstić information content (AvgIpc) is 3.21. The second-order valence-electron chi connectivity index (χ2n) is 7.13. The van der Waals surface area contributed by atoms with Crippen molar-refractivity contribution in [2.45, 2.75) is 59.2 Å². The Labute approximate surface area is 164 Å². The Morgan fingerprint density at radius 3 is 2.70 bits per heavy atom. The van der Waals surface area contributed by atoms with Gasteiger partial charge in [-0.3, -0.25) is 0 Å². The van der Waals surface area contributed by atoms with Crippen LogP contribution in [0.3, 0.4) is 0 Å². The first-order valence-electron chi connectivity index (χ1n) is 9.52. The third-order valence-corrected chi connectivity index (χ3v) is 5.55. The van der Waals surface area contributed by atoms with E-state index in [1.165, 1.54) is 5.56 Å². The lowest BCUT2D eigenvalue weighted by molar-refractivity contribution is 0.357. The van der Waals surface area contributed by atoms with Gasteiger partial charge in [0.05, 0.1) is 17.9 Å². The molecule has 7 heteroatoms. The Kier molecular flexibility index (Phi) is 5.02. The highest BCUT2D eigenvalue weighted by Crippen LogP contribution is 2.20. The Morgan fingerprint density at radius 2 is 1.96 bits per heavy atom. The zero-order valence-corrected chi connectivity index (χ0v) is 16.8. The maximum Gasteiger partial charge on any atom is 0.150 e. The van der Waals surface area contributed by atoms with Gasteiger partial charge in [-0.05, 0) is 44.5 Å². The average molecular weight is 385 g/mol. The van der Waals surface area contributed by atoms with Crippen LogP contribution in [0.5, 0.6) is 0 Å². The number of halogens is 1. The summed E-state index contributed by atoms with van der Waals surface area (Å²) in [5, 5.41) is 13.8. The molecule has 1 aliphatic heterocycles. The molecule has 4 rings (SSSR count). The van der Waals surface area contributed by atoms with Crippen molar-refractivity contribution in [1.29, 1.82) is 0 Å². The Hall–Kier alpha value is -2.18. The smallest absolute Gasteiger partial charge is 0.150 e. The molecule has 1 N–H and O–H groups in total. The van der Waals surface area contributed by atoms with Crippen molar-refractivity contribution < 1.29 is 0 Å². The number of rotatable bonds is 5. The van der Waals surface area contributed by atoms with Crippen molar-refractivity contribution in [2.24, 2.45) is 0 Å². The Bertz CT molecular complexity index is 940. The van der Waals surface area contributed by atoms with Gasteiger partial charge in [-0.25, -0.2) is 14.3 Å². The first-order chi connectivity index (χ1) is 13.0. The summed E-state index contributed by atoms with van der Waals surface area (Å²) in [4.78, 5) is 4.59. The van der Waals surface area contributed by atoms with Gasteiger partial charge in [0.2, 0.25) is 0 Å². The molecule has 0 amide bonds. The van der Waals surface area contributed by atoms with Crippen molar-refractivity contribution in [3.05, 3.63) is 57.9 Å². The number of aromatic nitrogens is 5. The van der Waals surface area contributed by atoms with E-state index in [0.717, 1.165) is 66.1 Å². The molecule has 0 spiro atoms. The lowest BCUT2D eigenvalue weighted by Gasteiger charge is -2.23. The summed E-state index contributed by atoms with van der Waals surface area (Å²) in [5.74, 6) is 2.06. The molecule has 1 aromatic carbocycles. The molecule has 1 atom stereocenters. The van der Waals surface area contributed by atoms with Crippen molar-refractivity contribution in [1.82, 2.24) is 29.9 Å². The molecule has 0 radical (unpaired) electrons. The topological polar surface area (TPSA) is 60.6 Å². The van der Waals surface area contributed by atoms with Crippen LogP contribution in [-0.2, 0) is 25.9 Å². The molecule has 0 fully saturated rings. The van der Waals surface area contributed by atoms with E-state index in [1.54, 1.807) is 0 Å². The molecule has 3 heterocycles. The molecule has 1 aliphatic rings. The van der Waals surface area contributed by atoms with Gasteiger partial charge in [-0.15, -0.1) is 0 Å². The summed E-state index contributed by atoms with van der Waals surface area (Å²) in [6.45, 7) is 7.98. The predicted octanol–water partition coefficient (Wildman–Crippen LogP) is 3.40. The van der Waals surface area contributed by atoms with Gasteiger partial charge in [0, 0.05) is 41.7 Å². The molecule has 27 heavy (non-hydrogen) atoms. The fourth-order valence-electron chi connectivity index (χ4n) is 3.69. The number of fused-ring (bicyclic) bond motifs is 1. The molecule has 142 valence electrons. The largest absolute Gasteiger partial charge is 0.308 e. The summed E-state index contributed by atoms with van der Waals surface area (Å²) in [6.07, 6.45) is 2.96. The molecular formula is C20H25ClN6. The van der Waals surface area contributed by atoms with E-state index in [4.69, 9.17) is 16.7 Å². The van der Waals surface area contributed by atoms with E-state index in [9.17, 15) is 0 Å². The van der Waals surface area contributed by atoms with Crippen LogP contribution in [0.25, 0.3) is 5.69 Å². The fourth-order valence-corrected chi connectivity index (χ4v) is 3.81. The van der Waals surface area contributed by atoms with E-state index in [0.29, 0.717) is 6.04 Å². The van der Waals surface area contributed by atoms with E-state index in [-0.39, 0.29) is 0 Å². The second-order valence-corrected chi connectivity index (χ2v) is 7.57. The van der Waals surface area contributed by atoms with Crippen LogP contribution in [0.2, 0.25) is 5.02 Å². The number of nitrogens with one attached hydrogen (secondary N) is 1. The van der Waals surface area contributed by atoms with Gasteiger partial charge in [-0.1, -0.05) is 18.5 Å². The van der Waals surface area contributed by atoms with Gasteiger partial charge >= 0.3 is 0 Å².